The highest BCUT2D eigenvalue weighted by atomic mass is 19.4. The number of anilines is 1. The van der Waals surface area contributed by atoms with Crippen LogP contribution in [0.2, 0.25) is 0 Å². The summed E-state index contributed by atoms with van der Waals surface area (Å²) in [6.45, 7) is 5.91. The number of carbonyl (C=O) groups excluding carboxylic acids is 1. The minimum Gasteiger partial charge on any atom is -0.497 e. The Balaban J connectivity index is 2.15. The predicted molar refractivity (Wildman–Crippen MR) is 132 cm³/mol. The van der Waals surface area contributed by atoms with E-state index in [-0.39, 0.29) is 17.5 Å². The highest BCUT2D eigenvalue weighted by Crippen LogP contribution is 2.34. The molecule has 0 radical (unpaired) electrons. The fraction of sp³-hybridized carbons (Fsp3) is 0.500. The van der Waals surface area contributed by atoms with E-state index in [1.807, 2.05) is 19.9 Å². The number of carbonyl (C=O) groups is 1. The van der Waals surface area contributed by atoms with Crippen molar-refractivity contribution in [1.82, 2.24) is 10.6 Å². The molecule has 2 aromatic carbocycles. The predicted octanol–water partition coefficient (Wildman–Crippen LogP) is 5.32. The molecule has 0 aliphatic carbocycles. The molecule has 0 unspecified atom stereocenters. The Kier molecular flexibility index (Phi) is 10.7. The summed E-state index contributed by atoms with van der Waals surface area (Å²) in [4.78, 5) is 13.2. The molecule has 6 nitrogen and oxygen atoms in total. The van der Waals surface area contributed by atoms with Crippen molar-refractivity contribution < 1.29 is 27.4 Å². The first-order valence-electron chi connectivity index (χ1n) is 11.8. The van der Waals surface area contributed by atoms with Crippen molar-refractivity contribution in [2.24, 2.45) is 5.92 Å². The van der Waals surface area contributed by atoms with Crippen LogP contribution in [-0.2, 0) is 4.79 Å². The van der Waals surface area contributed by atoms with Crippen molar-refractivity contribution in [3.05, 3.63) is 54.1 Å². The maximum atomic E-state index is 13.9. The number of alkyl halides is 3. The summed E-state index contributed by atoms with van der Waals surface area (Å²) in [6.07, 6.45) is -3.42. The highest BCUT2D eigenvalue weighted by Gasteiger charge is 2.43. The van der Waals surface area contributed by atoms with E-state index in [1.165, 1.54) is 12.1 Å². The van der Waals surface area contributed by atoms with Crippen molar-refractivity contribution in [3.8, 4) is 11.5 Å². The molecule has 0 saturated carbocycles. The molecule has 0 bridgehead atoms. The normalized spacial score (nSPS) is 15.0. The number of hydrogen-bond donors (Lipinski definition) is 3. The van der Waals surface area contributed by atoms with Crippen LogP contribution < -0.4 is 25.4 Å². The number of nitrogens with one attached hydrogen (secondary N) is 3. The van der Waals surface area contributed by atoms with E-state index in [0.717, 1.165) is 5.69 Å². The van der Waals surface area contributed by atoms with Gasteiger partial charge in [-0.3, -0.25) is 10.1 Å². The van der Waals surface area contributed by atoms with Crippen LogP contribution in [0.3, 0.4) is 0 Å². The first kappa shape index (κ1) is 28.3. The summed E-state index contributed by atoms with van der Waals surface area (Å²) >= 11 is 0. The Labute approximate surface area is 205 Å². The molecule has 3 N–H and O–H groups in total. The third-order valence-corrected chi connectivity index (χ3v) is 6.09. The van der Waals surface area contributed by atoms with Crippen LogP contribution in [0.25, 0.3) is 0 Å². The van der Waals surface area contributed by atoms with Gasteiger partial charge < -0.3 is 20.1 Å². The van der Waals surface area contributed by atoms with E-state index < -0.39 is 24.2 Å². The maximum absolute atomic E-state index is 13.9. The zero-order valence-corrected chi connectivity index (χ0v) is 20.9. The van der Waals surface area contributed by atoms with Gasteiger partial charge in [-0.15, -0.1) is 0 Å². The molecule has 35 heavy (non-hydrogen) atoms. The van der Waals surface area contributed by atoms with E-state index in [1.54, 1.807) is 51.5 Å². The number of amides is 1. The number of benzene rings is 2. The van der Waals surface area contributed by atoms with Crippen LogP contribution in [0, 0.1) is 5.92 Å². The third-order valence-electron chi connectivity index (χ3n) is 6.09. The van der Waals surface area contributed by atoms with Gasteiger partial charge in [0.05, 0.1) is 25.9 Å². The average Bonchev–Trinajstić information content (AvgIpc) is 2.86. The standard InChI is InChI=1S/C26H36F3N3O3/c1-6-17(3)23(32-24(26(27,28)29)18-11-9-8-10-12-18)25(33)31-19(7-2)16-30-21-14-13-20(34-4)15-22(21)35-5/h8-15,17,19,23-24,30,32H,6-7,16H2,1-5H3,(H,31,33)/t17-,19-,23-,24-/m0/s1. The van der Waals surface area contributed by atoms with Crippen molar-refractivity contribution in [1.29, 1.82) is 0 Å². The number of rotatable bonds is 13. The lowest BCUT2D eigenvalue weighted by Gasteiger charge is -2.31. The monoisotopic (exact) mass is 495 g/mol. The molecular weight excluding hydrogens is 459 g/mol. The Morgan fingerprint density at radius 2 is 1.69 bits per heavy atom. The van der Waals surface area contributed by atoms with Crippen LogP contribution >= 0.6 is 0 Å². The molecule has 0 aliphatic heterocycles. The second-order valence-electron chi connectivity index (χ2n) is 8.48. The van der Waals surface area contributed by atoms with Crippen LogP contribution in [0.4, 0.5) is 18.9 Å². The molecule has 2 aromatic rings. The van der Waals surface area contributed by atoms with E-state index in [9.17, 15) is 18.0 Å². The van der Waals surface area contributed by atoms with Gasteiger partial charge in [-0.2, -0.15) is 13.2 Å². The molecular formula is C26H36F3N3O3. The van der Waals surface area contributed by atoms with Gasteiger partial charge in [-0.1, -0.05) is 57.5 Å². The molecule has 0 fully saturated rings. The van der Waals surface area contributed by atoms with Gasteiger partial charge in [0.25, 0.3) is 0 Å². The van der Waals surface area contributed by atoms with Crippen molar-refractivity contribution in [2.75, 3.05) is 26.1 Å². The Hall–Kier alpha value is -2.94. The number of ether oxygens (including phenoxy) is 2. The first-order chi connectivity index (χ1) is 16.6. The van der Waals surface area contributed by atoms with Gasteiger partial charge in [0.15, 0.2) is 0 Å². The van der Waals surface area contributed by atoms with Crippen LogP contribution in [0.5, 0.6) is 11.5 Å². The number of methoxy groups -OCH3 is 2. The van der Waals surface area contributed by atoms with Crippen LogP contribution in [0.1, 0.15) is 45.2 Å². The second kappa shape index (κ2) is 13.2. The van der Waals surface area contributed by atoms with Gasteiger partial charge in [0.1, 0.15) is 17.5 Å². The van der Waals surface area contributed by atoms with Gasteiger partial charge in [-0.25, -0.2) is 0 Å². The lowest BCUT2D eigenvalue weighted by Crippen LogP contribution is -2.54. The molecule has 0 saturated heterocycles. The minimum atomic E-state index is -4.55. The van der Waals surface area contributed by atoms with Gasteiger partial charge in [0.2, 0.25) is 5.91 Å². The van der Waals surface area contributed by atoms with Crippen molar-refractivity contribution >= 4 is 11.6 Å². The smallest absolute Gasteiger partial charge is 0.407 e. The molecule has 1 amide bonds. The summed E-state index contributed by atoms with van der Waals surface area (Å²) in [5.41, 5.74) is 0.792. The zero-order valence-electron chi connectivity index (χ0n) is 20.9. The van der Waals surface area contributed by atoms with E-state index in [4.69, 9.17) is 9.47 Å². The van der Waals surface area contributed by atoms with Gasteiger partial charge >= 0.3 is 6.18 Å². The quantitative estimate of drug-likeness (QED) is 0.351. The van der Waals surface area contributed by atoms with E-state index in [2.05, 4.69) is 16.0 Å². The van der Waals surface area contributed by atoms with Gasteiger partial charge in [0, 0.05) is 18.7 Å². The topological polar surface area (TPSA) is 71.6 Å². The van der Waals surface area contributed by atoms with Crippen LogP contribution in [0.15, 0.2) is 48.5 Å². The molecule has 0 aromatic heterocycles. The summed E-state index contributed by atoms with van der Waals surface area (Å²) in [7, 11) is 3.11. The zero-order chi connectivity index (χ0) is 26.0. The Bertz CT molecular complexity index is 925. The van der Waals surface area contributed by atoms with Crippen molar-refractivity contribution in [3.63, 3.8) is 0 Å². The summed E-state index contributed by atoms with van der Waals surface area (Å²) in [5.74, 6) is 0.462. The summed E-state index contributed by atoms with van der Waals surface area (Å²) in [6, 6.07) is 9.67. The molecule has 0 spiro atoms. The minimum absolute atomic E-state index is 0.0708. The summed E-state index contributed by atoms with van der Waals surface area (Å²) < 4.78 is 52.4. The lowest BCUT2D eigenvalue weighted by atomic mass is 9.95. The van der Waals surface area contributed by atoms with E-state index >= 15 is 0 Å². The highest BCUT2D eigenvalue weighted by molar-refractivity contribution is 5.82. The first-order valence-corrected chi connectivity index (χ1v) is 11.8. The van der Waals surface area contributed by atoms with Crippen molar-refractivity contribution in [2.45, 2.75) is 57.9 Å². The molecule has 2 rings (SSSR count). The SMILES string of the molecule is CC[C@@H](CNc1ccc(OC)cc1OC)NC(=O)[C@@H](N[C@@H](c1ccccc1)C(F)(F)F)[C@@H](C)CC. The maximum Gasteiger partial charge on any atom is 0.407 e. The molecule has 194 valence electrons. The fourth-order valence-corrected chi connectivity index (χ4v) is 3.70. The Morgan fingerprint density at radius 3 is 2.23 bits per heavy atom. The summed E-state index contributed by atoms with van der Waals surface area (Å²) in [5, 5.41) is 8.78. The fourth-order valence-electron chi connectivity index (χ4n) is 3.70. The van der Waals surface area contributed by atoms with E-state index in [0.29, 0.717) is 30.9 Å². The number of halogens is 3. The molecule has 0 aliphatic rings. The largest absolute Gasteiger partial charge is 0.497 e. The van der Waals surface area contributed by atoms with Gasteiger partial charge in [-0.05, 0) is 30.0 Å². The third kappa shape index (κ3) is 8.06. The lowest BCUT2D eigenvalue weighted by molar-refractivity contribution is -0.162. The molecule has 0 heterocycles. The Morgan fingerprint density at radius 1 is 1.00 bits per heavy atom. The molecule has 4 atom stereocenters. The number of hydrogen-bond acceptors (Lipinski definition) is 5. The average molecular weight is 496 g/mol. The van der Waals surface area contributed by atoms with Crippen LogP contribution in [-0.4, -0.2) is 44.9 Å². The molecule has 9 heteroatoms. The second-order valence-corrected chi connectivity index (χ2v) is 8.48.